The molecule has 0 saturated carbocycles. The molecule has 0 radical (unpaired) electrons. The van der Waals surface area contributed by atoms with Crippen LogP contribution in [-0.4, -0.2) is 21.8 Å². The van der Waals surface area contributed by atoms with E-state index in [0.29, 0.717) is 12.0 Å². The number of imidazole rings is 1. The van der Waals surface area contributed by atoms with Crippen LogP contribution < -0.4 is 10.6 Å². The van der Waals surface area contributed by atoms with Gasteiger partial charge < -0.3 is 15.6 Å². The Bertz CT molecular complexity index is 1250. The standard InChI is InChI=1S/C27H28N4O2/c1-3-26(32)29-22-13-9-19(10-14-22)11-16-25-30-23-15-12-21(17-24(23)31-25)27(33)28-18(2)20-7-5-4-6-8-20/h4-10,12-15,17-18H,3,11,16H2,1-2H3,(H,28,33)(H,29,32)(H,30,31)/t18-/m0/s1. The molecule has 168 valence electrons. The number of hydrogen-bond donors (Lipinski definition) is 3. The summed E-state index contributed by atoms with van der Waals surface area (Å²) >= 11 is 0. The molecule has 0 saturated heterocycles. The van der Waals surface area contributed by atoms with Gasteiger partial charge in [-0.1, -0.05) is 49.4 Å². The first-order chi connectivity index (χ1) is 16.0. The third-order valence-corrected chi connectivity index (χ3v) is 5.65. The van der Waals surface area contributed by atoms with Crippen LogP contribution in [0.5, 0.6) is 0 Å². The minimum absolute atomic E-state index is 0.00704. The number of aromatic amines is 1. The van der Waals surface area contributed by atoms with E-state index in [2.05, 4.69) is 20.6 Å². The molecule has 33 heavy (non-hydrogen) atoms. The van der Waals surface area contributed by atoms with Gasteiger partial charge in [0.15, 0.2) is 0 Å². The molecule has 1 atom stereocenters. The first-order valence-electron chi connectivity index (χ1n) is 11.2. The van der Waals surface area contributed by atoms with Crippen molar-refractivity contribution < 1.29 is 9.59 Å². The third kappa shape index (κ3) is 5.66. The van der Waals surface area contributed by atoms with Crippen LogP contribution in [-0.2, 0) is 17.6 Å². The van der Waals surface area contributed by atoms with Crippen LogP contribution >= 0.6 is 0 Å². The van der Waals surface area contributed by atoms with E-state index in [-0.39, 0.29) is 17.9 Å². The Morgan fingerprint density at radius 2 is 1.73 bits per heavy atom. The van der Waals surface area contributed by atoms with Gasteiger partial charge in [-0.2, -0.15) is 0 Å². The van der Waals surface area contributed by atoms with Crippen LogP contribution in [0.25, 0.3) is 11.0 Å². The molecule has 0 unspecified atom stereocenters. The predicted molar refractivity (Wildman–Crippen MR) is 131 cm³/mol. The van der Waals surface area contributed by atoms with Crippen molar-refractivity contribution in [2.75, 3.05) is 5.32 Å². The average Bonchev–Trinajstić information content (AvgIpc) is 3.26. The Morgan fingerprint density at radius 3 is 2.45 bits per heavy atom. The quantitative estimate of drug-likeness (QED) is 0.352. The molecule has 0 bridgehead atoms. The lowest BCUT2D eigenvalue weighted by Gasteiger charge is -2.14. The molecule has 0 aliphatic heterocycles. The maximum Gasteiger partial charge on any atom is 0.251 e. The van der Waals surface area contributed by atoms with Gasteiger partial charge in [-0.25, -0.2) is 4.98 Å². The topological polar surface area (TPSA) is 86.9 Å². The summed E-state index contributed by atoms with van der Waals surface area (Å²) in [6, 6.07) is 23.2. The highest BCUT2D eigenvalue weighted by Gasteiger charge is 2.13. The molecule has 3 N–H and O–H groups in total. The summed E-state index contributed by atoms with van der Waals surface area (Å²) in [7, 11) is 0. The van der Waals surface area contributed by atoms with Crippen LogP contribution in [0.2, 0.25) is 0 Å². The number of hydrogen-bond acceptors (Lipinski definition) is 3. The number of nitrogens with zero attached hydrogens (tertiary/aromatic N) is 1. The van der Waals surface area contributed by atoms with Gasteiger partial charge in [-0.15, -0.1) is 0 Å². The van der Waals surface area contributed by atoms with E-state index in [1.807, 2.05) is 86.6 Å². The maximum atomic E-state index is 12.7. The minimum Gasteiger partial charge on any atom is -0.346 e. The number of rotatable bonds is 8. The van der Waals surface area contributed by atoms with Crippen molar-refractivity contribution in [3.63, 3.8) is 0 Å². The van der Waals surface area contributed by atoms with E-state index >= 15 is 0 Å². The molecule has 6 heteroatoms. The van der Waals surface area contributed by atoms with Crippen LogP contribution in [0.4, 0.5) is 5.69 Å². The van der Waals surface area contributed by atoms with E-state index in [0.717, 1.165) is 41.0 Å². The Morgan fingerprint density at radius 1 is 0.970 bits per heavy atom. The molecule has 0 aliphatic rings. The van der Waals surface area contributed by atoms with Gasteiger partial charge in [0.05, 0.1) is 17.1 Å². The Labute approximate surface area is 193 Å². The predicted octanol–water partition coefficient (Wildman–Crippen LogP) is 5.19. The lowest BCUT2D eigenvalue weighted by molar-refractivity contribution is -0.115. The van der Waals surface area contributed by atoms with Gasteiger partial charge in [0.25, 0.3) is 5.91 Å². The Hall–Kier alpha value is -3.93. The van der Waals surface area contributed by atoms with E-state index in [4.69, 9.17) is 0 Å². The molecule has 1 aromatic heterocycles. The largest absolute Gasteiger partial charge is 0.346 e. The van der Waals surface area contributed by atoms with Crippen LogP contribution in [0, 0.1) is 0 Å². The van der Waals surface area contributed by atoms with E-state index in [9.17, 15) is 9.59 Å². The molecule has 6 nitrogen and oxygen atoms in total. The number of fused-ring (bicyclic) bond motifs is 1. The van der Waals surface area contributed by atoms with Gasteiger partial charge in [0.2, 0.25) is 5.91 Å². The first kappa shape index (κ1) is 22.3. The highest BCUT2D eigenvalue weighted by Crippen LogP contribution is 2.18. The summed E-state index contributed by atoms with van der Waals surface area (Å²) in [5, 5.41) is 5.91. The fourth-order valence-corrected chi connectivity index (χ4v) is 3.69. The van der Waals surface area contributed by atoms with Crippen molar-refractivity contribution in [2.24, 2.45) is 0 Å². The van der Waals surface area contributed by atoms with E-state index in [1.165, 1.54) is 5.56 Å². The number of anilines is 1. The monoisotopic (exact) mass is 440 g/mol. The number of carbonyl (C=O) groups excluding carboxylic acids is 2. The summed E-state index contributed by atoms with van der Waals surface area (Å²) in [5.41, 5.74) is 5.33. The Kier molecular flexibility index (Phi) is 6.83. The molecule has 1 heterocycles. The number of benzene rings is 3. The normalized spacial score (nSPS) is 11.8. The highest BCUT2D eigenvalue weighted by atomic mass is 16.2. The third-order valence-electron chi connectivity index (χ3n) is 5.65. The summed E-state index contributed by atoms with van der Waals surface area (Å²) in [5.74, 6) is 0.774. The molecule has 4 rings (SSSR count). The first-order valence-corrected chi connectivity index (χ1v) is 11.2. The lowest BCUT2D eigenvalue weighted by Crippen LogP contribution is -2.26. The molecule has 2 amide bonds. The van der Waals surface area contributed by atoms with Crippen molar-refractivity contribution in [2.45, 2.75) is 39.2 Å². The summed E-state index contributed by atoms with van der Waals surface area (Å²) in [4.78, 5) is 32.2. The molecule has 0 aliphatic carbocycles. The summed E-state index contributed by atoms with van der Waals surface area (Å²) in [6.45, 7) is 3.81. The number of H-pyrrole nitrogens is 1. The van der Waals surface area contributed by atoms with Gasteiger partial charge in [-0.3, -0.25) is 9.59 Å². The fraction of sp³-hybridized carbons (Fsp3) is 0.222. The van der Waals surface area contributed by atoms with Gasteiger partial charge in [0, 0.05) is 24.1 Å². The molecule has 0 fully saturated rings. The van der Waals surface area contributed by atoms with Crippen molar-refractivity contribution in [1.82, 2.24) is 15.3 Å². The molecule has 0 spiro atoms. The zero-order valence-electron chi connectivity index (χ0n) is 18.9. The average molecular weight is 441 g/mol. The highest BCUT2D eigenvalue weighted by molar-refractivity contribution is 5.97. The van der Waals surface area contributed by atoms with Crippen molar-refractivity contribution in [3.8, 4) is 0 Å². The second-order valence-corrected chi connectivity index (χ2v) is 8.12. The number of carbonyl (C=O) groups is 2. The summed E-state index contributed by atoms with van der Waals surface area (Å²) in [6.07, 6.45) is 2.04. The molecular formula is C27H28N4O2. The van der Waals surface area contributed by atoms with Crippen LogP contribution in [0.1, 0.15) is 53.6 Å². The second-order valence-electron chi connectivity index (χ2n) is 8.12. The van der Waals surface area contributed by atoms with Crippen molar-refractivity contribution >= 4 is 28.5 Å². The smallest absolute Gasteiger partial charge is 0.251 e. The molecule has 3 aromatic carbocycles. The number of aryl methyl sites for hydroxylation is 2. The van der Waals surface area contributed by atoms with Gasteiger partial charge in [0.1, 0.15) is 5.82 Å². The number of aromatic nitrogens is 2. The number of nitrogens with one attached hydrogen (secondary N) is 3. The van der Waals surface area contributed by atoms with E-state index in [1.54, 1.807) is 0 Å². The molecule has 4 aromatic rings. The van der Waals surface area contributed by atoms with Crippen LogP contribution in [0.3, 0.4) is 0 Å². The summed E-state index contributed by atoms with van der Waals surface area (Å²) < 4.78 is 0. The SMILES string of the molecule is CCC(=O)Nc1ccc(CCc2nc3ccc(C(=O)N[C@@H](C)c4ccccc4)cc3[nH]2)cc1. The lowest BCUT2D eigenvalue weighted by atomic mass is 10.1. The van der Waals surface area contributed by atoms with Crippen LogP contribution in [0.15, 0.2) is 72.8 Å². The minimum atomic E-state index is -0.111. The zero-order chi connectivity index (χ0) is 23.2. The second kappa shape index (κ2) is 10.1. The molecular weight excluding hydrogens is 412 g/mol. The Balaban J connectivity index is 1.38. The number of amides is 2. The van der Waals surface area contributed by atoms with Gasteiger partial charge in [-0.05, 0) is 54.8 Å². The van der Waals surface area contributed by atoms with E-state index < -0.39 is 0 Å². The van der Waals surface area contributed by atoms with Gasteiger partial charge >= 0.3 is 0 Å². The van der Waals surface area contributed by atoms with Crippen molar-refractivity contribution in [3.05, 3.63) is 95.3 Å². The fourth-order valence-electron chi connectivity index (χ4n) is 3.69. The van der Waals surface area contributed by atoms with Crippen molar-refractivity contribution in [1.29, 1.82) is 0 Å². The maximum absolute atomic E-state index is 12.7. The zero-order valence-corrected chi connectivity index (χ0v) is 18.9.